The van der Waals surface area contributed by atoms with Crippen LogP contribution >= 0.6 is 0 Å². The topological polar surface area (TPSA) is 98.0 Å². The molecular weight excluding hydrogens is 387 g/mol. The molecule has 4 N–H and O–H groups in total. The van der Waals surface area contributed by atoms with Crippen molar-refractivity contribution in [1.82, 2.24) is 0 Å². The van der Waals surface area contributed by atoms with Crippen molar-refractivity contribution in [3.63, 3.8) is 0 Å². The van der Waals surface area contributed by atoms with Gasteiger partial charge in [-0.2, -0.15) is 0 Å². The fourth-order valence-corrected chi connectivity index (χ4v) is 4.43. The fraction of sp³-hybridized carbons (Fsp3) is 0.625. The van der Waals surface area contributed by atoms with Gasteiger partial charge in [0.1, 0.15) is 5.82 Å². The summed E-state index contributed by atoms with van der Waals surface area (Å²) in [7, 11) is 0. The normalized spacial score (nSPS) is 25.1. The van der Waals surface area contributed by atoms with Crippen LogP contribution in [0.1, 0.15) is 68.9 Å². The van der Waals surface area contributed by atoms with Gasteiger partial charge in [0.05, 0.1) is 18.3 Å². The number of carboxylic acids is 1. The van der Waals surface area contributed by atoms with E-state index in [0.717, 1.165) is 31.2 Å². The number of carboxylic acid groups (broad SMARTS) is 1. The summed E-state index contributed by atoms with van der Waals surface area (Å²) in [5.41, 5.74) is 1.27. The maximum absolute atomic E-state index is 13.9. The molecule has 5 unspecified atom stereocenters. The van der Waals surface area contributed by atoms with Crippen LogP contribution in [0, 0.1) is 24.6 Å². The molecule has 1 aliphatic rings. The first-order chi connectivity index (χ1) is 14.3. The van der Waals surface area contributed by atoms with E-state index >= 15 is 0 Å². The van der Waals surface area contributed by atoms with Crippen molar-refractivity contribution in [3.8, 4) is 0 Å². The monoisotopic (exact) mass is 422 g/mol. The highest BCUT2D eigenvalue weighted by atomic mass is 19.1. The van der Waals surface area contributed by atoms with E-state index in [1.54, 1.807) is 18.2 Å². The predicted octanol–water partition coefficient (Wildman–Crippen LogP) is 4.07. The number of carbonyl (C=O) groups is 1. The zero-order chi connectivity index (χ0) is 22.1. The zero-order valence-electron chi connectivity index (χ0n) is 17.7. The number of aliphatic carboxylic acids is 1. The smallest absolute Gasteiger partial charge is 0.303 e. The number of aliphatic hydroxyl groups excluding tert-OH is 3. The second kappa shape index (κ2) is 12.2. The number of hydrogen-bond acceptors (Lipinski definition) is 4. The molecule has 6 heteroatoms. The second-order valence-electron chi connectivity index (χ2n) is 8.57. The Hall–Kier alpha value is -1.76. The Bertz CT molecular complexity index is 705. The number of benzene rings is 1. The van der Waals surface area contributed by atoms with E-state index in [9.17, 15) is 24.5 Å². The molecule has 0 aliphatic heterocycles. The highest BCUT2D eigenvalue weighted by Crippen LogP contribution is 2.39. The van der Waals surface area contributed by atoms with Gasteiger partial charge in [0, 0.05) is 12.0 Å². The van der Waals surface area contributed by atoms with Crippen LogP contribution in [0.2, 0.25) is 0 Å². The maximum Gasteiger partial charge on any atom is 0.303 e. The second-order valence-corrected chi connectivity index (χ2v) is 8.57. The SMILES string of the molecule is Cc1ccc(/C=C/C(O)CCC2C(O)CC(O)C2CCCCCCC(=O)O)c(F)c1. The van der Waals surface area contributed by atoms with Crippen LogP contribution in [0.25, 0.3) is 6.08 Å². The van der Waals surface area contributed by atoms with E-state index in [4.69, 9.17) is 5.11 Å². The summed E-state index contributed by atoms with van der Waals surface area (Å²) in [6.45, 7) is 1.82. The number of aliphatic hydroxyl groups is 3. The molecule has 30 heavy (non-hydrogen) atoms. The van der Waals surface area contributed by atoms with Crippen molar-refractivity contribution < 1.29 is 29.6 Å². The fourth-order valence-electron chi connectivity index (χ4n) is 4.43. The summed E-state index contributed by atoms with van der Waals surface area (Å²) in [5.74, 6) is -1.18. The molecule has 1 aliphatic carbocycles. The minimum Gasteiger partial charge on any atom is -0.481 e. The van der Waals surface area contributed by atoms with Gasteiger partial charge in [-0.3, -0.25) is 4.79 Å². The lowest BCUT2D eigenvalue weighted by Gasteiger charge is -2.24. The highest BCUT2D eigenvalue weighted by molar-refractivity contribution is 5.66. The van der Waals surface area contributed by atoms with Gasteiger partial charge in [0.15, 0.2) is 0 Å². The molecule has 168 valence electrons. The van der Waals surface area contributed by atoms with Gasteiger partial charge in [0.2, 0.25) is 0 Å². The van der Waals surface area contributed by atoms with Crippen LogP contribution in [-0.4, -0.2) is 44.7 Å². The summed E-state index contributed by atoms with van der Waals surface area (Å²) in [5, 5.41) is 39.6. The summed E-state index contributed by atoms with van der Waals surface area (Å²) in [6, 6.07) is 4.95. The molecule has 0 radical (unpaired) electrons. The van der Waals surface area contributed by atoms with Crippen LogP contribution in [0.3, 0.4) is 0 Å². The largest absolute Gasteiger partial charge is 0.481 e. The minimum atomic E-state index is -0.776. The third-order valence-corrected chi connectivity index (χ3v) is 6.15. The molecule has 0 amide bonds. The molecule has 5 atom stereocenters. The van der Waals surface area contributed by atoms with Crippen LogP contribution in [0.5, 0.6) is 0 Å². The Morgan fingerprint density at radius 3 is 2.47 bits per heavy atom. The number of rotatable bonds is 12. The molecule has 1 aromatic carbocycles. The molecule has 0 aromatic heterocycles. The van der Waals surface area contributed by atoms with Crippen LogP contribution in [0.15, 0.2) is 24.3 Å². The standard InChI is InChI=1S/C24H35FO5/c1-16-8-9-17(21(25)14-16)10-11-18(26)12-13-20-19(22(27)15-23(20)28)6-4-2-3-5-7-24(29)30/h8-11,14,18-20,22-23,26-28H,2-7,12-13,15H2,1H3,(H,29,30)/b11-10+. The quantitative estimate of drug-likeness (QED) is 0.381. The summed E-state index contributed by atoms with van der Waals surface area (Å²) in [6.07, 6.45) is 6.95. The van der Waals surface area contributed by atoms with Gasteiger partial charge in [-0.1, -0.05) is 43.5 Å². The Kier molecular flexibility index (Phi) is 9.95. The van der Waals surface area contributed by atoms with Gasteiger partial charge in [-0.25, -0.2) is 4.39 Å². The highest BCUT2D eigenvalue weighted by Gasteiger charge is 2.40. The van der Waals surface area contributed by atoms with E-state index in [1.165, 1.54) is 6.07 Å². The molecule has 0 bridgehead atoms. The molecule has 0 spiro atoms. The van der Waals surface area contributed by atoms with Gasteiger partial charge < -0.3 is 20.4 Å². The Morgan fingerprint density at radius 1 is 1.13 bits per heavy atom. The van der Waals surface area contributed by atoms with Gasteiger partial charge >= 0.3 is 5.97 Å². The van der Waals surface area contributed by atoms with Crippen LogP contribution in [0.4, 0.5) is 4.39 Å². The molecule has 0 heterocycles. The third-order valence-electron chi connectivity index (χ3n) is 6.15. The average molecular weight is 423 g/mol. The van der Waals surface area contributed by atoms with E-state index < -0.39 is 24.3 Å². The Morgan fingerprint density at radius 2 is 1.80 bits per heavy atom. The lowest BCUT2D eigenvalue weighted by molar-refractivity contribution is -0.137. The van der Waals surface area contributed by atoms with Gasteiger partial charge in [-0.15, -0.1) is 0 Å². The molecular formula is C24H35FO5. The third kappa shape index (κ3) is 7.82. The number of halogens is 1. The summed E-state index contributed by atoms with van der Waals surface area (Å²) < 4.78 is 13.9. The molecule has 5 nitrogen and oxygen atoms in total. The van der Waals surface area contributed by atoms with Crippen LogP contribution < -0.4 is 0 Å². The average Bonchev–Trinajstić information content (AvgIpc) is 2.94. The van der Waals surface area contributed by atoms with Gasteiger partial charge in [-0.05, 0) is 62.5 Å². The lowest BCUT2D eigenvalue weighted by atomic mass is 9.85. The van der Waals surface area contributed by atoms with E-state index in [-0.39, 0.29) is 24.1 Å². The van der Waals surface area contributed by atoms with E-state index in [1.807, 2.05) is 13.0 Å². The van der Waals surface area contributed by atoms with E-state index in [0.29, 0.717) is 31.2 Å². The summed E-state index contributed by atoms with van der Waals surface area (Å²) in [4.78, 5) is 10.5. The molecule has 1 aromatic rings. The first-order valence-corrected chi connectivity index (χ1v) is 11.0. The van der Waals surface area contributed by atoms with Crippen molar-refractivity contribution in [2.24, 2.45) is 11.8 Å². The van der Waals surface area contributed by atoms with E-state index in [2.05, 4.69) is 0 Å². The minimum absolute atomic E-state index is 0.00908. The Labute approximate surface area is 178 Å². The molecule has 1 fully saturated rings. The van der Waals surface area contributed by atoms with Crippen molar-refractivity contribution in [2.45, 2.75) is 83.0 Å². The zero-order valence-corrected chi connectivity index (χ0v) is 17.7. The molecule has 1 saturated carbocycles. The van der Waals surface area contributed by atoms with Gasteiger partial charge in [0.25, 0.3) is 0 Å². The number of unbranched alkanes of at least 4 members (excludes halogenated alkanes) is 3. The first kappa shape index (κ1) is 24.5. The first-order valence-electron chi connectivity index (χ1n) is 11.0. The predicted molar refractivity (Wildman–Crippen MR) is 114 cm³/mol. The van der Waals surface area contributed by atoms with Crippen molar-refractivity contribution in [2.75, 3.05) is 0 Å². The van der Waals surface area contributed by atoms with Crippen molar-refractivity contribution >= 4 is 12.0 Å². The molecule has 0 saturated heterocycles. The molecule has 2 rings (SSSR count). The number of hydrogen-bond donors (Lipinski definition) is 4. The van der Waals surface area contributed by atoms with Crippen LogP contribution in [-0.2, 0) is 4.79 Å². The Balaban J connectivity index is 1.79. The van der Waals surface area contributed by atoms with Crippen molar-refractivity contribution in [1.29, 1.82) is 0 Å². The number of aryl methyl sites for hydroxylation is 1. The maximum atomic E-state index is 13.9. The lowest BCUT2D eigenvalue weighted by Crippen LogP contribution is -2.23. The summed E-state index contributed by atoms with van der Waals surface area (Å²) >= 11 is 0. The van der Waals surface area contributed by atoms with Crippen molar-refractivity contribution in [3.05, 3.63) is 41.2 Å².